The second kappa shape index (κ2) is 5.53. The monoisotopic (exact) mass is 167 g/mol. The first-order valence-electron chi connectivity index (χ1n) is 2.91. The fourth-order valence-corrected chi connectivity index (χ4v) is 0.577. The van der Waals surface area contributed by atoms with Crippen LogP contribution >= 0.6 is 12.2 Å². The minimum atomic E-state index is 1.33. The van der Waals surface area contributed by atoms with Gasteiger partial charge in [0, 0.05) is 0 Å². The Morgan fingerprint density at radius 2 is 2.36 bits per heavy atom. The highest BCUT2D eigenvalue weighted by atomic mass is 32.1. The Balaban J connectivity index is 0.000000292. The van der Waals surface area contributed by atoms with Crippen LogP contribution in [0.25, 0.3) is 11.6 Å². The molecule has 1 rings (SSSR count). The molecule has 1 heterocycles. The minimum Gasteiger partial charge on any atom is -0.753 e. The van der Waals surface area contributed by atoms with Crippen molar-refractivity contribution in [3.05, 3.63) is 30.7 Å². The van der Waals surface area contributed by atoms with Crippen LogP contribution in [0.5, 0.6) is 0 Å². The van der Waals surface area contributed by atoms with Gasteiger partial charge in [-0.25, -0.2) is 9.13 Å². The van der Waals surface area contributed by atoms with Gasteiger partial charge < -0.3 is 5.41 Å². The molecule has 1 aromatic rings. The van der Waals surface area contributed by atoms with Gasteiger partial charge in [-0.15, -0.1) is 0 Å². The molecule has 0 saturated carbocycles. The van der Waals surface area contributed by atoms with E-state index in [4.69, 9.17) is 5.41 Å². The summed E-state index contributed by atoms with van der Waals surface area (Å²) in [5.41, 5.74) is 0. The van der Waals surface area contributed by atoms with E-state index in [-0.39, 0.29) is 0 Å². The maximum absolute atomic E-state index is 7.13. The molecule has 0 aliphatic heterocycles. The highest BCUT2D eigenvalue weighted by Gasteiger charge is 1.90. The first-order chi connectivity index (χ1) is 5.24. The third-order valence-corrected chi connectivity index (χ3v) is 1.00. The summed E-state index contributed by atoms with van der Waals surface area (Å²) in [5, 5.41) is 8.47. The minimum absolute atomic E-state index is 1.33. The van der Waals surface area contributed by atoms with Crippen LogP contribution in [-0.4, -0.2) is 9.73 Å². The van der Waals surface area contributed by atoms with Gasteiger partial charge in [-0.3, -0.25) is 0 Å². The van der Waals surface area contributed by atoms with Crippen molar-refractivity contribution < 1.29 is 4.57 Å². The summed E-state index contributed by atoms with van der Waals surface area (Å²) in [4.78, 5) is 0. The highest BCUT2D eigenvalue weighted by molar-refractivity contribution is 7.78. The van der Waals surface area contributed by atoms with Crippen LogP contribution in [0.1, 0.15) is 0 Å². The van der Waals surface area contributed by atoms with Crippen molar-refractivity contribution in [2.24, 2.45) is 7.05 Å². The lowest BCUT2D eigenvalue weighted by Gasteiger charge is -1.74. The molecule has 0 aromatic carbocycles. The van der Waals surface area contributed by atoms with E-state index in [0.717, 1.165) is 0 Å². The van der Waals surface area contributed by atoms with Gasteiger partial charge in [0.25, 0.3) is 0 Å². The number of imidazole rings is 1. The number of aryl methyl sites for hydroxylation is 1. The third-order valence-electron chi connectivity index (χ3n) is 1.00. The zero-order chi connectivity index (χ0) is 8.69. The summed E-state index contributed by atoms with van der Waals surface area (Å²) in [7, 11) is 1.97. The van der Waals surface area contributed by atoms with E-state index in [1.165, 1.54) is 5.16 Å². The zero-order valence-electron chi connectivity index (χ0n) is 6.27. The number of hydrogen-bond acceptors (Lipinski definition) is 1. The molecule has 0 unspecified atom stereocenters. The predicted octanol–water partition coefficient (Wildman–Crippen LogP) is 1.07. The van der Waals surface area contributed by atoms with Gasteiger partial charge in [0.05, 0.1) is 13.2 Å². The number of rotatable bonds is 1. The van der Waals surface area contributed by atoms with E-state index in [0.29, 0.717) is 0 Å². The number of thiocarbonyl (C=S) groups is 1. The fraction of sp³-hybridized carbons (Fsp3) is 0.143. The number of hydrogen-bond donors (Lipinski definition) is 0. The quantitative estimate of drug-likeness (QED) is 0.350. The van der Waals surface area contributed by atoms with Gasteiger partial charge in [0.15, 0.2) is 0 Å². The van der Waals surface area contributed by atoms with Crippen molar-refractivity contribution in [3.8, 4) is 0 Å². The molecule has 4 heteroatoms. The molecule has 0 atom stereocenters. The first kappa shape index (κ1) is 9.75. The summed E-state index contributed by atoms with van der Waals surface area (Å²) >= 11 is 3.70. The lowest BCUT2D eigenvalue weighted by Crippen LogP contribution is -2.23. The molecule has 0 amide bonds. The van der Waals surface area contributed by atoms with Crippen molar-refractivity contribution in [3.63, 3.8) is 0 Å². The lowest BCUT2D eigenvalue weighted by molar-refractivity contribution is -0.670. The molecule has 0 aliphatic rings. The molecular formula is C7H9N3S. The Bertz CT molecular complexity index is 258. The molecule has 3 nitrogen and oxygen atoms in total. The molecule has 0 fully saturated rings. The maximum Gasteiger partial charge on any atom is 0.248 e. The van der Waals surface area contributed by atoms with Crippen LogP contribution in [0.3, 0.4) is 0 Å². The van der Waals surface area contributed by atoms with Crippen LogP contribution in [-0.2, 0) is 7.05 Å². The van der Waals surface area contributed by atoms with E-state index in [1.54, 1.807) is 6.20 Å². The standard InChI is InChI=1S/C6H9N2.CNS/c1-3-8-5-4-7(2)6-8;2-1-3/h3-6H,1H2,2H3;/q+1;-1. The smallest absolute Gasteiger partial charge is 0.248 e. The summed E-state index contributed by atoms with van der Waals surface area (Å²) in [6, 6.07) is 0. The van der Waals surface area contributed by atoms with Crippen LogP contribution in [0, 0.1) is 0 Å². The number of nitrogens with zero attached hydrogens (tertiary/aromatic N) is 3. The summed E-state index contributed by atoms with van der Waals surface area (Å²) in [6.45, 7) is 3.59. The Labute approximate surface area is 71.1 Å². The van der Waals surface area contributed by atoms with Crippen molar-refractivity contribution in [1.82, 2.24) is 4.57 Å². The molecule has 0 saturated heterocycles. The van der Waals surface area contributed by atoms with Gasteiger partial charge in [0.2, 0.25) is 6.33 Å². The van der Waals surface area contributed by atoms with Crippen LogP contribution in [0.2, 0.25) is 0 Å². The average molecular weight is 167 g/mol. The topological polar surface area (TPSA) is 31.1 Å². The lowest BCUT2D eigenvalue weighted by atomic mass is 10.8. The molecule has 1 aromatic heterocycles. The largest absolute Gasteiger partial charge is 0.753 e. The van der Waals surface area contributed by atoms with E-state index in [9.17, 15) is 0 Å². The van der Waals surface area contributed by atoms with E-state index in [2.05, 4.69) is 18.8 Å². The second-order valence-corrected chi connectivity index (χ2v) is 1.98. The Morgan fingerprint density at radius 3 is 2.55 bits per heavy atom. The number of isothiocyanates is 1. The van der Waals surface area contributed by atoms with Gasteiger partial charge in [-0.1, -0.05) is 18.8 Å². The van der Waals surface area contributed by atoms with Crippen LogP contribution in [0.15, 0.2) is 25.3 Å². The molecular weight excluding hydrogens is 158 g/mol. The first-order valence-corrected chi connectivity index (χ1v) is 3.32. The van der Waals surface area contributed by atoms with E-state index >= 15 is 0 Å². The Hall–Kier alpha value is -1.25. The van der Waals surface area contributed by atoms with Crippen molar-refractivity contribution in [1.29, 1.82) is 0 Å². The van der Waals surface area contributed by atoms with E-state index in [1.807, 2.05) is 34.9 Å². The molecule has 11 heavy (non-hydrogen) atoms. The van der Waals surface area contributed by atoms with Crippen molar-refractivity contribution >= 4 is 23.6 Å². The summed E-state index contributed by atoms with van der Waals surface area (Å²) in [5.74, 6) is 0. The van der Waals surface area contributed by atoms with Crippen molar-refractivity contribution in [2.45, 2.75) is 0 Å². The summed E-state index contributed by atoms with van der Waals surface area (Å²) < 4.78 is 3.85. The summed E-state index contributed by atoms with van der Waals surface area (Å²) in [6.07, 6.45) is 7.58. The maximum atomic E-state index is 7.13. The molecule has 0 spiro atoms. The average Bonchev–Trinajstić information content (AvgIpc) is 2.37. The third kappa shape index (κ3) is 4.19. The van der Waals surface area contributed by atoms with Crippen molar-refractivity contribution in [2.75, 3.05) is 0 Å². The van der Waals surface area contributed by atoms with Gasteiger partial charge in [0.1, 0.15) is 12.4 Å². The zero-order valence-corrected chi connectivity index (χ0v) is 7.08. The molecule has 58 valence electrons. The fourth-order valence-electron chi connectivity index (χ4n) is 0.577. The predicted molar refractivity (Wildman–Crippen MR) is 48.0 cm³/mol. The highest BCUT2D eigenvalue weighted by Crippen LogP contribution is 1.79. The van der Waals surface area contributed by atoms with E-state index < -0.39 is 0 Å². The Morgan fingerprint density at radius 1 is 1.82 bits per heavy atom. The van der Waals surface area contributed by atoms with Gasteiger partial charge in [-0.2, -0.15) is 5.16 Å². The van der Waals surface area contributed by atoms with Gasteiger partial charge >= 0.3 is 0 Å². The molecule has 0 N–H and O–H groups in total. The van der Waals surface area contributed by atoms with Gasteiger partial charge in [-0.05, 0) is 0 Å². The second-order valence-electron chi connectivity index (χ2n) is 1.80. The Kier molecular flexibility index (Phi) is 4.90. The molecule has 0 aliphatic carbocycles. The normalized spacial score (nSPS) is 7.36. The molecule has 0 radical (unpaired) electrons. The molecule has 0 bridgehead atoms. The van der Waals surface area contributed by atoms with Crippen LogP contribution in [0.4, 0.5) is 0 Å². The SMILES string of the molecule is C=Cn1cc[n+](C)c1.[N-]=C=S. The number of aromatic nitrogens is 2. The van der Waals surface area contributed by atoms with Crippen LogP contribution < -0.4 is 4.57 Å².